The van der Waals surface area contributed by atoms with E-state index in [9.17, 15) is 4.79 Å². The van der Waals surface area contributed by atoms with Crippen LogP contribution in [0, 0.1) is 11.3 Å². The third-order valence-electron chi connectivity index (χ3n) is 5.77. The largest absolute Gasteiger partial charge is 0.474 e. The first kappa shape index (κ1) is 16.3. The zero-order chi connectivity index (χ0) is 18.4. The highest BCUT2D eigenvalue weighted by atomic mass is 16.6. The molecule has 0 N–H and O–H groups in total. The number of rotatable bonds is 3. The van der Waals surface area contributed by atoms with Crippen molar-refractivity contribution in [2.24, 2.45) is 0 Å². The Morgan fingerprint density at radius 3 is 2.81 bits per heavy atom. The Morgan fingerprint density at radius 1 is 1.22 bits per heavy atom. The number of carbonyl (C=O) groups excluding carboxylic acids is 1. The lowest BCUT2D eigenvalue weighted by atomic mass is 9.76. The van der Waals surface area contributed by atoms with Gasteiger partial charge in [0.15, 0.2) is 5.60 Å². The highest BCUT2D eigenvalue weighted by Crippen LogP contribution is 2.51. The summed E-state index contributed by atoms with van der Waals surface area (Å²) in [6, 6.07) is 15.6. The predicted molar refractivity (Wildman–Crippen MR) is 95.5 cm³/mol. The molecule has 3 fully saturated rings. The smallest absolute Gasteiger partial charge is 0.257 e. The molecule has 2 aliphatic heterocycles. The first-order valence-corrected chi connectivity index (χ1v) is 9.27. The summed E-state index contributed by atoms with van der Waals surface area (Å²) in [7, 11) is 0. The van der Waals surface area contributed by atoms with Crippen molar-refractivity contribution in [2.45, 2.75) is 49.7 Å². The molecule has 1 aliphatic carbocycles. The second-order valence-corrected chi connectivity index (χ2v) is 7.43. The van der Waals surface area contributed by atoms with Gasteiger partial charge in [0.1, 0.15) is 12.3 Å². The van der Waals surface area contributed by atoms with Gasteiger partial charge in [-0.2, -0.15) is 5.26 Å². The van der Waals surface area contributed by atoms with Gasteiger partial charge in [0.05, 0.1) is 17.7 Å². The fraction of sp³-hybridized carbons (Fsp3) is 0.381. The molecule has 2 atom stereocenters. The number of nitriles is 1. The summed E-state index contributed by atoms with van der Waals surface area (Å²) in [6.07, 6.45) is 4.15. The number of pyridine rings is 1. The van der Waals surface area contributed by atoms with Gasteiger partial charge in [-0.25, -0.2) is 4.98 Å². The molecule has 27 heavy (non-hydrogen) atoms. The molecule has 5 rings (SSSR count). The number of carbonyl (C=O) groups is 1. The Labute approximate surface area is 157 Å². The third-order valence-corrected chi connectivity index (χ3v) is 5.77. The minimum Gasteiger partial charge on any atom is -0.474 e. The number of hydrogen-bond acceptors (Lipinski definition) is 5. The van der Waals surface area contributed by atoms with Crippen LogP contribution in [0.3, 0.4) is 0 Å². The van der Waals surface area contributed by atoms with Crippen molar-refractivity contribution in [3.05, 3.63) is 59.8 Å². The van der Waals surface area contributed by atoms with Crippen LogP contribution in [0.2, 0.25) is 0 Å². The van der Waals surface area contributed by atoms with Crippen molar-refractivity contribution in [1.29, 1.82) is 5.26 Å². The summed E-state index contributed by atoms with van der Waals surface area (Å²) in [5, 5.41) is 8.98. The van der Waals surface area contributed by atoms with Crippen molar-refractivity contribution in [3.8, 4) is 11.9 Å². The van der Waals surface area contributed by atoms with Gasteiger partial charge < -0.3 is 14.4 Å². The van der Waals surface area contributed by atoms with Crippen LogP contribution >= 0.6 is 0 Å². The van der Waals surface area contributed by atoms with Crippen LogP contribution < -0.4 is 4.74 Å². The molecule has 1 spiro atoms. The highest BCUT2D eigenvalue weighted by molar-refractivity contribution is 5.89. The molecule has 0 radical (unpaired) electrons. The molecule has 1 aromatic carbocycles. The van der Waals surface area contributed by atoms with E-state index in [0.717, 1.165) is 12.8 Å². The fourth-order valence-electron chi connectivity index (χ4n) is 4.46. The lowest BCUT2D eigenvalue weighted by molar-refractivity contribution is -0.162. The summed E-state index contributed by atoms with van der Waals surface area (Å²) in [5.41, 5.74) is 0.919. The number of aromatic nitrogens is 1. The molecule has 0 unspecified atom stereocenters. The third kappa shape index (κ3) is 2.58. The van der Waals surface area contributed by atoms with E-state index in [1.165, 1.54) is 5.56 Å². The van der Waals surface area contributed by atoms with Crippen LogP contribution in [0.1, 0.15) is 42.9 Å². The summed E-state index contributed by atoms with van der Waals surface area (Å²) in [4.78, 5) is 19.2. The number of ether oxygens (including phenoxy) is 2. The van der Waals surface area contributed by atoms with Crippen molar-refractivity contribution in [2.75, 3.05) is 0 Å². The zero-order valence-electron chi connectivity index (χ0n) is 14.7. The van der Waals surface area contributed by atoms with Crippen molar-refractivity contribution >= 4 is 5.91 Å². The van der Waals surface area contributed by atoms with Crippen LogP contribution in [0.15, 0.2) is 48.7 Å². The first-order chi connectivity index (χ1) is 13.2. The second kappa shape index (κ2) is 6.07. The number of nitrogens with zero attached hydrogens (tertiary/aromatic N) is 3. The monoisotopic (exact) mass is 361 g/mol. The zero-order valence-corrected chi connectivity index (χ0v) is 14.7. The van der Waals surface area contributed by atoms with E-state index in [4.69, 9.17) is 14.7 Å². The van der Waals surface area contributed by atoms with Crippen LogP contribution in [0.5, 0.6) is 5.88 Å². The molecule has 6 heteroatoms. The normalized spacial score (nSPS) is 31.4. The molecule has 3 heterocycles. The quantitative estimate of drug-likeness (QED) is 0.840. The average molecular weight is 361 g/mol. The minimum atomic E-state index is -0.754. The number of amides is 1. The minimum absolute atomic E-state index is 0.0810. The first-order valence-electron chi connectivity index (χ1n) is 9.27. The SMILES string of the molecule is N#Cc1ccnc(OC2CC3(C2)O[C@@H]2CC[C@@H](c4ccccc4)N2C3=O)c1. The second-order valence-electron chi connectivity index (χ2n) is 7.43. The van der Waals surface area contributed by atoms with Crippen LogP contribution in [-0.2, 0) is 9.53 Å². The average Bonchev–Trinajstić information content (AvgIpc) is 3.21. The van der Waals surface area contributed by atoms with Gasteiger partial charge in [-0.05, 0) is 24.5 Å². The van der Waals surface area contributed by atoms with E-state index in [0.29, 0.717) is 24.3 Å². The van der Waals surface area contributed by atoms with Gasteiger partial charge in [-0.15, -0.1) is 0 Å². The Balaban J connectivity index is 1.28. The van der Waals surface area contributed by atoms with Crippen molar-refractivity contribution in [1.82, 2.24) is 9.88 Å². The Hall–Kier alpha value is -2.91. The van der Waals surface area contributed by atoms with Crippen molar-refractivity contribution in [3.63, 3.8) is 0 Å². The van der Waals surface area contributed by atoms with Crippen LogP contribution in [0.4, 0.5) is 0 Å². The van der Waals surface area contributed by atoms with E-state index >= 15 is 0 Å². The number of hydrogen-bond donors (Lipinski definition) is 0. The molecule has 0 bridgehead atoms. The maximum absolute atomic E-state index is 13.2. The van der Waals surface area contributed by atoms with Gasteiger partial charge in [0.25, 0.3) is 5.91 Å². The molecule has 2 saturated heterocycles. The van der Waals surface area contributed by atoms with Crippen LogP contribution in [-0.4, -0.2) is 33.7 Å². The molecule has 3 aliphatic rings. The molecule has 136 valence electrons. The standard InChI is InChI=1S/C21H19N3O3/c22-13-14-8-9-23-18(10-14)26-16-11-21(12-16)20(25)24-17(6-7-19(24)27-21)15-4-2-1-3-5-15/h1-5,8-10,16-17,19H,6-7,11-12H2/t16?,17-,19+,21?/m0/s1. The van der Waals surface area contributed by atoms with E-state index in [1.54, 1.807) is 18.3 Å². The maximum Gasteiger partial charge on any atom is 0.257 e. The van der Waals surface area contributed by atoms with E-state index in [1.807, 2.05) is 23.1 Å². The van der Waals surface area contributed by atoms with E-state index in [2.05, 4.69) is 23.2 Å². The summed E-state index contributed by atoms with van der Waals surface area (Å²) in [5.74, 6) is 0.499. The maximum atomic E-state index is 13.2. The molecule has 1 amide bonds. The fourth-order valence-corrected chi connectivity index (χ4v) is 4.46. The van der Waals surface area contributed by atoms with Crippen LogP contribution in [0.25, 0.3) is 0 Å². The topological polar surface area (TPSA) is 75.5 Å². The molecule has 6 nitrogen and oxygen atoms in total. The van der Waals surface area contributed by atoms with Gasteiger partial charge in [0, 0.05) is 25.1 Å². The Kier molecular flexibility index (Phi) is 3.66. The van der Waals surface area contributed by atoms with E-state index < -0.39 is 5.60 Å². The number of fused-ring (bicyclic) bond motifs is 1. The molecule has 1 aromatic heterocycles. The predicted octanol–water partition coefficient (Wildman–Crippen LogP) is 2.95. The summed E-state index contributed by atoms with van der Waals surface area (Å²) < 4.78 is 12.1. The molecule has 2 aromatic rings. The summed E-state index contributed by atoms with van der Waals surface area (Å²) in [6.45, 7) is 0. The van der Waals surface area contributed by atoms with Gasteiger partial charge in [-0.3, -0.25) is 4.79 Å². The highest BCUT2D eigenvalue weighted by Gasteiger charge is 2.63. The number of benzene rings is 1. The Bertz CT molecular complexity index is 918. The summed E-state index contributed by atoms with van der Waals surface area (Å²) >= 11 is 0. The molecular weight excluding hydrogens is 342 g/mol. The van der Waals surface area contributed by atoms with Gasteiger partial charge in [0.2, 0.25) is 5.88 Å². The van der Waals surface area contributed by atoms with Crippen molar-refractivity contribution < 1.29 is 14.3 Å². The molecular formula is C21H19N3O3. The lowest BCUT2D eigenvalue weighted by Crippen LogP contribution is -2.56. The van der Waals surface area contributed by atoms with E-state index in [-0.39, 0.29) is 24.3 Å². The Morgan fingerprint density at radius 2 is 2.04 bits per heavy atom. The molecule has 1 saturated carbocycles. The van der Waals surface area contributed by atoms with Gasteiger partial charge >= 0.3 is 0 Å². The lowest BCUT2D eigenvalue weighted by Gasteiger charge is -2.42. The van der Waals surface area contributed by atoms with Gasteiger partial charge in [-0.1, -0.05) is 30.3 Å².